The van der Waals surface area contributed by atoms with Crippen LogP contribution in [-0.4, -0.2) is 32.3 Å². The second kappa shape index (κ2) is 17.1. The van der Waals surface area contributed by atoms with Crippen molar-refractivity contribution in [3.63, 3.8) is 0 Å². The van der Waals surface area contributed by atoms with E-state index >= 15 is 0 Å². The van der Waals surface area contributed by atoms with Crippen LogP contribution in [0.15, 0.2) is 109 Å². The molecule has 4 rings (SSSR count). The maximum absolute atomic E-state index is 11.7. The second-order valence-corrected chi connectivity index (χ2v) is 8.55. The number of aromatic hydroxyl groups is 2. The maximum atomic E-state index is 11.7. The van der Waals surface area contributed by atoms with Gasteiger partial charge in [-0.25, -0.2) is 0 Å². The van der Waals surface area contributed by atoms with Crippen LogP contribution in [0.25, 0.3) is 10.9 Å². The summed E-state index contributed by atoms with van der Waals surface area (Å²) in [6, 6.07) is 30.9. The van der Waals surface area contributed by atoms with E-state index in [4.69, 9.17) is 24.4 Å². The Hall–Kier alpha value is -4.68. The monoisotopic (exact) mass is 635 g/mol. The Morgan fingerprint density at radius 2 is 0.854 bits per heavy atom. The number of hydrogen-bond acceptors (Lipinski definition) is 6. The van der Waals surface area contributed by atoms with Gasteiger partial charge >= 0.3 is 17.1 Å². The zero-order chi connectivity index (χ0) is 28.7. The minimum Gasteiger partial charge on any atom is -0.560 e. The van der Waals surface area contributed by atoms with E-state index in [-0.39, 0.29) is 49.9 Å². The fourth-order valence-corrected chi connectivity index (χ4v) is 3.32. The normalized spacial score (nSPS) is 9.37. The summed E-state index contributed by atoms with van der Waals surface area (Å²) >= 11 is 10.0. The third kappa shape index (κ3) is 11.1. The number of phenolic OH excluding ortho intramolecular Hbond substituents is 2. The first-order chi connectivity index (χ1) is 19.3. The van der Waals surface area contributed by atoms with E-state index in [1.54, 1.807) is 24.3 Å². The van der Waals surface area contributed by atoms with Gasteiger partial charge in [0, 0.05) is 22.5 Å². The Balaban J connectivity index is 0.000000280. The van der Waals surface area contributed by atoms with Crippen molar-refractivity contribution in [1.29, 1.82) is 0 Å². The molecule has 0 saturated heterocycles. The van der Waals surface area contributed by atoms with Crippen LogP contribution in [0, 0.1) is 0 Å². The number of carbonyl (C=O) groups excluding carboxylic acids is 2. The average Bonchev–Trinajstić information content (AvgIpc) is 2.96. The van der Waals surface area contributed by atoms with Crippen molar-refractivity contribution in [2.24, 2.45) is 0 Å². The van der Waals surface area contributed by atoms with Gasteiger partial charge in [-0.05, 0) is 73.0 Å². The molecular weight excluding hydrogens is 612 g/mol. The molecule has 0 aromatic heterocycles. The van der Waals surface area contributed by atoms with Crippen molar-refractivity contribution in [3.05, 3.63) is 131 Å². The minimum atomic E-state index is -0.597. The summed E-state index contributed by atoms with van der Waals surface area (Å²) in [5.74, 6) is -1.43. The molecule has 0 unspecified atom stereocenters. The van der Waals surface area contributed by atoms with Crippen LogP contribution in [0.5, 0.6) is 11.5 Å². The van der Waals surface area contributed by atoms with Crippen LogP contribution in [-0.2, 0) is 17.1 Å². The summed E-state index contributed by atoms with van der Waals surface area (Å²) in [6.07, 6.45) is 0. The first-order valence-corrected chi connectivity index (χ1v) is 12.5. The standard InChI is InChI=1S/2C14H13N3O2S.Cu/c2*18-12-9-5-4-8-11(12)13(19)16-17-14(20)15-10-6-2-1-3-7-10;/h2*1-9H,(H4,15,16,17,18,19,20);/q;;+2/p-2. The molecule has 2 amide bonds. The molecule has 6 N–H and O–H groups in total. The van der Waals surface area contributed by atoms with Gasteiger partial charge in [0.05, 0.1) is 0 Å². The molecule has 13 heteroatoms. The van der Waals surface area contributed by atoms with Gasteiger partial charge in [0.1, 0.15) is 23.3 Å². The first-order valence-electron chi connectivity index (χ1n) is 11.6. The molecule has 213 valence electrons. The molecule has 0 saturated carbocycles. The van der Waals surface area contributed by atoms with Gasteiger partial charge in [-0.2, -0.15) is 0 Å². The van der Waals surface area contributed by atoms with Crippen molar-refractivity contribution < 1.29 is 36.9 Å². The number of phenols is 2. The second-order valence-electron chi connectivity index (χ2n) is 7.73. The van der Waals surface area contributed by atoms with E-state index in [9.17, 15) is 19.8 Å². The Kier molecular flexibility index (Phi) is 13.6. The molecule has 0 spiro atoms. The third-order valence-electron chi connectivity index (χ3n) is 4.85. The summed E-state index contributed by atoms with van der Waals surface area (Å²) in [5, 5.41) is 25.2. The topological polar surface area (TPSA) is 151 Å². The van der Waals surface area contributed by atoms with Crippen LogP contribution < -0.4 is 21.5 Å². The zero-order valence-electron chi connectivity index (χ0n) is 21.1. The number of benzene rings is 4. The number of hydrogen-bond donors (Lipinski definition) is 6. The van der Waals surface area contributed by atoms with E-state index in [1.807, 2.05) is 60.7 Å². The van der Waals surface area contributed by atoms with Gasteiger partial charge in [0.15, 0.2) is 10.2 Å². The predicted molar refractivity (Wildman–Crippen MR) is 163 cm³/mol. The van der Waals surface area contributed by atoms with Gasteiger partial charge < -0.3 is 52.1 Å². The van der Waals surface area contributed by atoms with E-state index in [2.05, 4.69) is 32.3 Å². The SMILES string of the molecule is O=C([N-]NC(=S)Nc1ccccc1)c1ccccc1O.O=C([N-]NC(=S)Nc1ccccc1)c1ccccc1O.[Cu+2]. The predicted octanol–water partition coefficient (Wildman–Crippen LogP) is 5.61. The number of nitrogens with one attached hydrogen (secondary N) is 4. The number of carbonyl (C=O) groups is 2. The van der Waals surface area contributed by atoms with Crippen molar-refractivity contribution in [2.45, 2.75) is 0 Å². The Bertz CT molecular complexity index is 1350. The van der Waals surface area contributed by atoms with Crippen molar-refractivity contribution in [3.8, 4) is 11.5 Å². The molecule has 0 aliphatic carbocycles. The third-order valence-corrected chi connectivity index (χ3v) is 5.24. The summed E-state index contributed by atoms with van der Waals surface area (Å²) < 4.78 is 0. The van der Waals surface area contributed by atoms with Crippen molar-refractivity contribution in [1.82, 2.24) is 10.9 Å². The van der Waals surface area contributed by atoms with Crippen LogP contribution in [0.4, 0.5) is 11.4 Å². The molecule has 4 aromatic carbocycles. The summed E-state index contributed by atoms with van der Waals surface area (Å²) in [7, 11) is 0. The fraction of sp³-hybridized carbons (Fsp3) is 0. The number of thiocarbonyl (C=S) groups is 2. The molecule has 0 aliphatic rings. The minimum absolute atomic E-state index is 0. The Morgan fingerprint density at radius 1 is 0.537 bits per heavy atom. The largest absolute Gasteiger partial charge is 2.00 e. The molecule has 0 aliphatic heterocycles. The molecule has 4 aromatic rings. The molecule has 0 bridgehead atoms. The fourth-order valence-electron chi connectivity index (χ4n) is 2.99. The maximum Gasteiger partial charge on any atom is 2.00 e. The van der Waals surface area contributed by atoms with Gasteiger partial charge in [-0.1, -0.05) is 60.7 Å². The smallest absolute Gasteiger partial charge is 0.560 e. The van der Waals surface area contributed by atoms with Crippen molar-refractivity contribution >= 4 is 57.8 Å². The molecule has 1 radical (unpaired) electrons. The Morgan fingerprint density at radius 3 is 1.20 bits per heavy atom. The molecule has 41 heavy (non-hydrogen) atoms. The first kappa shape index (κ1) is 32.5. The Labute approximate surface area is 258 Å². The summed E-state index contributed by atoms with van der Waals surface area (Å²) in [4.78, 5) is 23.5. The van der Waals surface area contributed by atoms with Gasteiger partial charge in [0.2, 0.25) is 0 Å². The number of amides is 2. The molecule has 0 atom stereocenters. The van der Waals surface area contributed by atoms with Gasteiger partial charge in [-0.15, -0.1) is 0 Å². The number of nitrogens with zero attached hydrogens (tertiary/aromatic N) is 2. The zero-order valence-corrected chi connectivity index (χ0v) is 23.7. The van der Waals surface area contributed by atoms with E-state index in [0.717, 1.165) is 11.4 Å². The van der Waals surface area contributed by atoms with E-state index in [0.29, 0.717) is 0 Å². The van der Waals surface area contributed by atoms with E-state index in [1.165, 1.54) is 24.3 Å². The van der Waals surface area contributed by atoms with Crippen LogP contribution >= 0.6 is 24.4 Å². The number of anilines is 2. The molecule has 0 heterocycles. The quantitative estimate of drug-likeness (QED) is 0.0948. The molecule has 10 nitrogen and oxygen atoms in total. The molecular formula is C28H24CuN6O4S2. The van der Waals surface area contributed by atoms with E-state index < -0.39 is 11.8 Å². The van der Waals surface area contributed by atoms with Crippen LogP contribution in [0.1, 0.15) is 20.7 Å². The summed E-state index contributed by atoms with van der Waals surface area (Å²) in [5.41, 5.74) is 13.9. The van der Waals surface area contributed by atoms with Crippen LogP contribution in [0.2, 0.25) is 0 Å². The number of para-hydroxylation sites is 4. The average molecular weight is 636 g/mol. The summed E-state index contributed by atoms with van der Waals surface area (Å²) in [6.45, 7) is 0. The van der Waals surface area contributed by atoms with Gasteiger partial charge in [0.25, 0.3) is 0 Å². The van der Waals surface area contributed by atoms with Crippen molar-refractivity contribution in [2.75, 3.05) is 10.6 Å². The number of rotatable bonds is 4. The van der Waals surface area contributed by atoms with Gasteiger partial charge in [-0.3, -0.25) is 0 Å². The van der Waals surface area contributed by atoms with Crippen LogP contribution in [0.3, 0.4) is 0 Å². The molecule has 0 fully saturated rings.